The SMILES string of the molecule is C=CC(=O)OCC[N+](C)(CC)CCCCCCCCCCCCCC.[Cl-]. The zero-order valence-electron chi connectivity index (χ0n) is 17.7. The van der Waals surface area contributed by atoms with Crippen LogP contribution in [0.3, 0.4) is 0 Å². The fraction of sp³-hybridized carbons (Fsp3) is 0.864. The van der Waals surface area contributed by atoms with Gasteiger partial charge < -0.3 is 21.6 Å². The van der Waals surface area contributed by atoms with Gasteiger partial charge in [0, 0.05) is 6.08 Å². The van der Waals surface area contributed by atoms with Gasteiger partial charge in [0.15, 0.2) is 0 Å². The molecule has 0 saturated carbocycles. The first-order valence-electron chi connectivity index (χ1n) is 10.7. The smallest absolute Gasteiger partial charge is 0.330 e. The van der Waals surface area contributed by atoms with Gasteiger partial charge in [-0.2, -0.15) is 0 Å². The predicted molar refractivity (Wildman–Crippen MR) is 109 cm³/mol. The normalized spacial score (nSPS) is 12.9. The number of carbonyl (C=O) groups excluding carboxylic acids is 1. The minimum atomic E-state index is -0.312. The van der Waals surface area contributed by atoms with Crippen LogP contribution in [0.2, 0.25) is 0 Å². The van der Waals surface area contributed by atoms with E-state index in [0.717, 1.165) is 17.6 Å². The lowest BCUT2D eigenvalue weighted by Gasteiger charge is -2.33. The van der Waals surface area contributed by atoms with Crippen LogP contribution < -0.4 is 12.4 Å². The molecule has 1 atom stereocenters. The molecule has 0 amide bonds. The Bertz CT molecular complexity index is 336. The first-order valence-corrected chi connectivity index (χ1v) is 10.7. The number of hydrogen-bond acceptors (Lipinski definition) is 2. The lowest BCUT2D eigenvalue weighted by Crippen LogP contribution is -3.00. The van der Waals surface area contributed by atoms with Crippen molar-refractivity contribution >= 4 is 5.97 Å². The molecular weight excluding hydrogens is 346 g/mol. The zero-order valence-corrected chi connectivity index (χ0v) is 18.5. The van der Waals surface area contributed by atoms with E-state index < -0.39 is 0 Å². The fourth-order valence-corrected chi connectivity index (χ4v) is 3.19. The standard InChI is InChI=1S/C22H44NO2.ClH/c1-5-8-9-10-11-12-13-14-15-16-17-18-19-23(4,7-3)20-21-25-22(24)6-2;/h6H,2,5,7-21H2,1,3-4H3;1H/q+1;/p-1. The van der Waals surface area contributed by atoms with Crippen LogP contribution in [0.25, 0.3) is 0 Å². The highest BCUT2D eigenvalue weighted by Crippen LogP contribution is 2.13. The van der Waals surface area contributed by atoms with E-state index >= 15 is 0 Å². The maximum Gasteiger partial charge on any atom is 0.330 e. The maximum absolute atomic E-state index is 11.1. The van der Waals surface area contributed by atoms with Crippen LogP contribution in [-0.4, -0.2) is 43.7 Å². The first-order chi connectivity index (χ1) is 12.1. The van der Waals surface area contributed by atoms with E-state index in [1.807, 2.05) is 0 Å². The highest BCUT2D eigenvalue weighted by atomic mass is 35.5. The fourth-order valence-electron chi connectivity index (χ4n) is 3.19. The molecule has 0 heterocycles. The summed E-state index contributed by atoms with van der Waals surface area (Å²) < 4.78 is 6.12. The second kappa shape index (κ2) is 19.2. The number of quaternary nitrogens is 1. The summed E-state index contributed by atoms with van der Waals surface area (Å²) in [7, 11) is 2.26. The van der Waals surface area contributed by atoms with Crippen molar-refractivity contribution in [2.45, 2.75) is 90.9 Å². The molecule has 4 heteroatoms. The number of carbonyl (C=O) groups is 1. The summed E-state index contributed by atoms with van der Waals surface area (Å²) in [5.41, 5.74) is 0. The number of likely N-dealkylation sites (N-methyl/N-ethyl adjacent to an activating group) is 1. The van der Waals surface area contributed by atoms with Crippen molar-refractivity contribution < 1.29 is 26.4 Å². The highest BCUT2D eigenvalue weighted by Gasteiger charge is 2.18. The molecule has 0 rings (SSSR count). The van der Waals surface area contributed by atoms with E-state index in [0.29, 0.717) is 6.61 Å². The van der Waals surface area contributed by atoms with Crippen molar-refractivity contribution in [2.24, 2.45) is 0 Å². The lowest BCUT2D eigenvalue weighted by molar-refractivity contribution is -0.908. The largest absolute Gasteiger partial charge is 1.00 e. The highest BCUT2D eigenvalue weighted by molar-refractivity contribution is 5.81. The third-order valence-electron chi connectivity index (χ3n) is 5.36. The minimum Gasteiger partial charge on any atom is -1.00 e. The van der Waals surface area contributed by atoms with E-state index in [9.17, 15) is 4.79 Å². The Morgan fingerprint density at radius 3 is 1.73 bits per heavy atom. The van der Waals surface area contributed by atoms with Crippen molar-refractivity contribution in [3.05, 3.63) is 12.7 Å². The second-order valence-corrected chi connectivity index (χ2v) is 7.64. The van der Waals surface area contributed by atoms with Crippen LogP contribution in [0.4, 0.5) is 0 Å². The van der Waals surface area contributed by atoms with Gasteiger partial charge in [-0.05, 0) is 19.8 Å². The summed E-state index contributed by atoms with van der Waals surface area (Å²) in [6.07, 6.45) is 17.9. The molecule has 1 unspecified atom stereocenters. The van der Waals surface area contributed by atoms with E-state index in [2.05, 4.69) is 27.5 Å². The third kappa shape index (κ3) is 16.9. The maximum atomic E-state index is 11.1. The Morgan fingerprint density at radius 2 is 1.31 bits per heavy atom. The molecule has 0 saturated heterocycles. The Morgan fingerprint density at radius 1 is 0.846 bits per heavy atom. The molecule has 0 aromatic heterocycles. The van der Waals surface area contributed by atoms with Gasteiger partial charge in [0.2, 0.25) is 0 Å². The molecule has 0 N–H and O–H groups in total. The van der Waals surface area contributed by atoms with E-state index in [1.54, 1.807) is 0 Å². The number of nitrogens with zero attached hydrogens (tertiary/aromatic N) is 1. The number of hydrogen-bond donors (Lipinski definition) is 0. The van der Waals surface area contributed by atoms with Crippen molar-refractivity contribution in [2.75, 3.05) is 33.3 Å². The minimum absolute atomic E-state index is 0. The number of esters is 1. The molecule has 0 bridgehead atoms. The first kappa shape index (κ1) is 27.7. The molecule has 0 aliphatic heterocycles. The molecule has 0 spiro atoms. The summed E-state index contributed by atoms with van der Waals surface area (Å²) >= 11 is 0. The number of halogens is 1. The third-order valence-corrected chi connectivity index (χ3v) is 5.36. The van der Waals surface area contributed by atoms with Gasteiger partial charge in [0.1, 0.15) is 13.2 Å². The van der Waals surface area contributed by atoms with Gasteiger partial charge in [0.25, 0.3) is 0 Å². The Kier molecular flexibility index (Phi) is 20.5. The van der Waals surface area contributed by atoms with Crippen molar-refractivity contribution in [3.8, 4) is 0 Å². The summed E-state index contributed by atoms with van der Waals surface area (Å²) in [5, 5.41) is 0. The number of unbranched alkanes of at least 4 members (excludes halogenated alkanes) is 11. The summed E-state index contributed by atoms with van der Waals surface area (Å²) in [5.74, 6) is -0.312. The van der Waals surface area contributed by atoms with E-state index in [1.165, 1.54) is 89.7 Å². The number of rotatable bonds is 18. The van der Waals surface area contributed by atoms with Crippen LogP contribution in [0.5, 0.6) is 0 Å². The second-order valence-electron chi connectivity index (χ2n) is 7.64. The molecule has 0 aromatic carbocycles. The average Bonchev–Trinajstić information content (AvgIpc) is 2.62. The van der Waals surface area contributed by atoms with Gasteiger partial charge >= 0.3 is 5.97 Å². The Labute approximate surface area is 169 Å². The Balaban J connectivity index is 0. The lowest BCUT2D eigenvalue weighted by atomic mass is 10.1. The molecule has 0 fully saturated rings. The topological polar surface area (TPSA) is 26.3 Å². The van der Waals surface area contributed by atoms with E-state index in [-0.39, 0.29) is 18.4 Å². The molecular formula is C22H44ClNO2. The van der Waals surface area contributed by atoms with Crippen molar-refractivity contribution in [3.63, 3.8) is 0 Å². The molecule has 0 radical (unpaired) electrons. The van der Waals surface area contributed by atoms with Crippen LogP contribution in [0.1, 0.15) is 90.9 Å². The van der Waals surface area contributed by atoms with Gasteiger partial charge in [-0.15, -0.1) is 0 Å². The van der Waals surface area contributed by atoms with E-state index in [4.69, 9.17) is 4.74 Å². The molecule has 0 aliphatic rings. The quantitative estimate of drug-likeness (QED) is 0.156. The van der Waals surface area contributed by atoms with Gasteiger partial charge in [-0.1, -0.05) is 77.7 Å². The molecule has 156 valence electrons. The predicted octanol–water partition coefficient (Wildman–Crippen LogP) is 2.89. The average molecular weight is 390 g/mol. The molecule has 0 aliphatic carbocycles. The summed E-state index contributed by atoms with van der Waals surface area (Å²) in [6.45, 7) is 11.6. The number of ether oxygens (including phenoxy) is 1. The van der Waals surface area contributed by atoms with Crippen molar-refractivity contribution in [1.82, 2.24) is 0 Å². The zero-order chi connectivity index (χ0) is 18.8. The Hall–Kier alpha value is -0.540. The van der Waals surface area contributed by atoms with Crippen molar-refractivity contribution in [1.29, 1.82) is 0 Å². The van der Waals surface area contributed by atoms with Crippen LogP contribution >= 0.6 is 0 Å². The van der Waals surface area contributed by atoms with Gasteiger partial charge in [0.05, 0.1) is 20.1 Å². The molecule has 26 heavy (non-hydrogen) atoms. The molecule has 0 aromatic rings. The molecule has 3 nitrogen and oxygen atoms in total. The summed E-state index contributed by atoms with van der Waals surface area (Å²) in [6, 6.07) is 0. The van der Waals surface area contributed by atoms with Crippen LogP contribution in [0, 0.1) is 0 Å². The summed E-state index contributed by atoms with van der Waals surface area (Å²) in [4.78, 5) is 11.1. The van der Waals surface area contributed by atoms with Gasteiger partial charge in [-0.25, -0.2) is 4.79 Å². The van der Waals surface area contributed by atoms with Gasteiger partial charge in [-0.3, -0.25) is 0 Å². The van der Waals surface area contributed by atoms with Crippen LogP contribution in [0.15, 0.2) is 12.7 Å². The van der Waals surface area contributed by atoms with Crippen LogP contribution in [-0.2, 0) is 9.53 Å². The monoisotopic (exact) mass is 389 g/mol.